The van der Waals surface area contributed by atoms with Crippen LogP contribution in [0.3, 0.4) is 0 Å². The molecule has 0 amide bonds. The largest absolute Gasteiger partial charge is 0.387 e. The number of hydrogen-bond donors (Lipinski definition) is 1. The number of benzene rings is 1. The first-order chi connectivity index (χ1) is 7.15. The van der Waals surface area contributed by atoms with Crippen molar-refractivity contribution in [2.24, 2.45) is 0 Å². The van der Waals surface area contributed by atoms with E-state index in [0.29, 0.717) is 11.1 Å². The molecule has 2 rings (SSSR count). The first-order valence-electron chi connectivity index (χ1n) is 4.25. The molecule has 78 valence electrons. The molecule has 2 nitrogen and oxygen atoms in total. The third-order valence-corrected chi connectivity index (χ3v) is 2.90. The molecule has 0 saturated carbocycles. The van der Waals surface area contributed by atoms with Gasteiger partial charge in [0.2, 0.25) is 0 Å². The summed E-state index contributed by atoms with van der Waals surface area (Å²) in [6, 6.07) is 2.48. The summed E-state index contributed by atoms with van der Waals surface area (Å²) < 4.78 is 26.9. The monoisotopic (exact) mass is 272 g/mol. The Morgan fingerprint density at radius 2 is 2.07 bits per heavy atom. The van der Waals surface area contributed by atoms with Crippen LogP contribution in [0.4, 0.5) is 14.5 Å². The normalized spacial score (nSPS) is 10.7. The van der Waals surface area contributed by atoms with Gasteiger partial charge in [-0.3, -0.25) is 4.98 Å². The van der Waals surface area contributed by atoms with Gasteiger partial charge in [0.1, 0.15) is 11.3 Å². The van der Waals surface area contributed by atoms with Gasteiger partial charge in [0.25, 0.3) is 0 Å². The molecule has 0 fully saturated rings. The Hall–Kier alpha value is -1.23. The molecule has 0 saturated heterocycles. The molecular weight excluding hydrogens is 266 g/mol. The Kier molecular flexibility index (Phi) is 2.56. The molecule has 0 bridgehead atoms. The summed E-state index contributed by atoms with van der Waals surface area (Å²) in [6.45, 7) is 0. The van der Waals surface area contributed by atoms with Gasteiger partial charge in [-0.05, 0) is 22.0 Å². The second kappa shape index (κ2) is 3.73. The minimum absolute atomic E-state index is 0.148. The Morgan fingerprint density at radius 1 is 1.33 bits per heavy atom. The summed E-state index contributed by atoms with van der Waals surface area (Å²) >= 11 is 3.08. The van der Waals surface area contributed by atoms with Crippen LogP contribution in [0.1, 0.15) is 0 Å². The average molecular weight is 273 g/mol. The lowest BCUT2D eigenvalue weighted by Crippen LogP contribution is -1.95. The molecule has 0 aliphatic rings. The van der Waals surface area contributed by atoms with Crippen molar-refractivity contribution in [3.63, 3.8) is 0 Å². The molecule has 2 aromatic rings. The number of fused-ring (bicyclic) bond motifs is 1. The van der Waals surface area contributed by atoms with E-state index in [1.54, 1.807) is 13.1 Å². The van der Waals surface area contributed by atoms with Crippen molar-refractivity contribution in [1.82, 2.24) is 4.98 Å². The molecule has 0 spiro atoms. The van der Waals surface area contributed by atoms with Crippen molar-refractivity contribution in [2.45, 2.75) is 0 Å². The van der Waals surface area contributed by atoms with Crippen molar-refractivity contribution in [3.8, 4) is 0 Å². The summed E-state index contributed by atoms with van der Waals surface area (Å²) in [4.78, 5) is 3.88. The second-order valence-electron chi connectivity index (χ2n) is 2.99. The zero-order valence-electron chi connectivity index (χ0n) is 7.81. The van der Waals surface area contributed by atoms with Gasteiger partial charge < -0.3 is 5.32 Å². The maximum absolute atomic E-state index is 13.4. The van der Waals surface area contributed by atoms with Crippen molar-refractivity contribution >= 4 is 32.5 Å². The van der Waals surface area contributed by atoms with Crippen LogP contribution < -0.4 is 5.32 Å². The third-order valence-electron chi connectivity index (χ3n) is 2.13. The number of hydrogen-bond acceptors (Lipinski definition) is 2. The van der Waals surface area contributed by atoms with Crippen molar-refractivity contribution in [2.75, 3.05) is 12.4 Å². The van der Waals surface area contributed by atoms with E-state index in [9.17, 15) is 8.78 Å². The van der Waals surface area contributed by atoms with Gasteiger partial charge in [-0.15, -0.1) is 0 Å². The standard InChI is InChI=1S/C10H7BrF2N2/c1-14-7-2-3-15-10-6(13)4-5(12)9(11)8(7)10/h2-4H,1H3,(H,14,15). The number of nitrogens with zero attached hydrogens (tertiary/aromatic N) is 1. The topological polar surface area (TPSA) is 24.9 Å². The van der Waals surface area contributed by atoms with Crippen LogP contribution in [0.2, 0.25) is 0 Å². The van der Waals surface area contributed by atoms with Crippen molar-refractivity contribution in [3.05, 3.63) is 34.4 Å². The Bertz CT molecular complexity index is 528. The van der Waals surface area contributed by atoms with E-state index >= 15 is 0 Å². The molecule has 0 atom stereocenters. The number of halogens is 3. The molecule has 5 heteroatoms. The molecule has 0 unspecified atom stereocenters. The third kappa shape index (κ3) is 1.56. The SMILES string of the molecule is CNc1ccnc2c(F)cc(F)c(Br)c12. The highest BCUT2D eigenvalue weighted by Crippen LogP contribution is 2.32. The highest BCUT2D eigenvalue weighted by molar-refractivity contribution is 9.10. The van der Waals surface area contributed by atoms with Crippen LogP contribution in [0.5, 0.6) is 0 Å². The first-order valence-corrected chi connectivity index (χ1v) is 5.04. The fourth-order valence-electron chi connectivity index (χ4n) is 1.44. The summed E-state index contributed by atoms with van der Waals surface area (Å²) in [6.07, 6.45) is 1.47. The summed E-state index contributed by atoms with van der Waals surface area (Å²) in [7, 11) is 1.68. The van der Waals surface area contributed by atoms with E-state index < -0.39 is 11.6 Å². The van der Waals surface area contributed by atoms with E-state index in [0.717, 1.165) is 6.07 Å². The molecule has 0 radical (unpaired) electrons. The zero-order chi connectivity index (χ0) is 11.0. The predicted molar refractivity (Wildman–Crippen MR) is 58.9 cm³/mol. The maximum atomic E-state index is 13.4. The fraction of sp³-hybridized carbons (Fsp3) is 0.100. The molecule has 15 heavy (non-hydrogen) atoms. The van der Waals surface area contributed by atoms with Gasteiger partial charge in [-0.2, -0.15) is 0 Å². The molecule has 1 aromatic carbocycles. The van der Waals surface area contributed by atoms with Crippen molar-refractivity contribution < 1.29 is 8.78 Å². The van der Waals surface area contributed by atoms with E-state index in [-0.39, 0.29) is 9.99 Å². The molecule has 1 aromatic heterocycles. The first kappa shape index (κ1) is 10.3. The number of anilines is 1. The van der Waals surface area contributed by atoms with Crippen LogP contribution >= 0.6 is 15.9 Å². The van der Waals surface area contributed by atoms with E-state index in [1.807, 2.05) is 0 Å². The Morgan fingerprint density at radius 3 is 2.73 bits per heavy atom. The van der Waals surface area contributed by atoms with Crippen LogP contribution in [-0.2, 0) is 0 Å². The van der Waals surface area contributed by atoms with E-state index in [4.69, 9.17) is 0 Å². The quantitative estimate of drug-likeness (QED) is 0.806. The summed E-state index contributed by atoms with van der Waals surface area (Å²) in [5.41, 5.74) is 0.778. The lowest BCUT2D eigenvalue weighted by atomic mass is 10.1. The van der Waals surface area contributed by atoms with E-state index in [2.05, 4.69) is 26.2 Å². The van der Waals surface area contributed by atoms with Gasteiger partial charge in [-0.1, -0.05) is 0 Å². The van der Waals surface area contributed by atoms with Gasteiger partial charge in [0.05, 0.1) is 4.47 Å². The summed E-state index contributed by atoms with van der Waals surface area (Å²) in [5.74, 6) is -1.30. The van der Waals surface area contributed by atoms with Crippen LogP contribution in [0.15, 0.2) is 22.8 Å². The number of pyridine rings is 1. The average Bonchev–Trinajstić information content (AvgIpc) is 2.25. The molecule has 0 aliphatic heterocycles. The van der Waals surface area contributed by atoms with Crippen LogP contribution in [0.25, 0.3) is 10.9 Å². The number of nitrogens with one attached hydrogen (secondary N) is 1. The van der Waals surface area contributed by atoms with Gasteiger partial charge in [0.15, 0.2) is 5.82 Å². The van der Waals surface area contributed by atoms with Crippen LogP contribution in [-0.4, -0.2) is 12.0 Å². The number of rotatable bonds is 1. The Balaban J connectivity index is 2.96. The highest BCUT2D eigenvalue weighted by atomic mass is 79.9. The predicted octanol–water partition coefficient (Wildman–Crippen LogP) is 3.32. The Labute approximate surface area is 93.4 Å². The molecule has 0 aliphatic carbocycles. The molecular formula is C10H7BrF2N2. The number of aromatic nitrogens is 1. The zero-order valence-corrected chi connectivity index (χ0v) is 9.40. The maximum Gasteiger partial charge on any atom is 0.152 e. The minimum Gasteiger partial charge on any atom is -0.387 e. The second-order valence-corrected chi connectivity index (χ2v) is 3.78. The molecule has 1 N–H and O–H groups in total. The van der Waals surface area contributed by atoms with Gasteiger partial charge >= 0.3 is 0 Å². The van der Waals surface area contributed by atoms with Gasteiger partial charge in [0, 0.05) is 30.4 Å². The highest BCUT2D eigenvalue weighted by Gasteiger charge is 2.13. The fourth-order valence-corrected chi connectivity index (χ4v) is 1.95. The van der Waals surface area contributed by atoms with Gasteiger partial charge in [-0.25, -0.2) is 8.78 Å². The van der Waals surface area contributed by atoms with Crippen LogP contribution in [0, 0.1) is 11.6 Å². The van der Waals surface area contributed by atoms with Crippen molar-refractivity contribution in [1.29, 1.82) is 0 Å². The lowest BCUT2D eigenvalue weighted by molar-refractivity contribution is 0.586. The molecule has 1 heterocycles. The minimum atomic E-state index is -0.664. The van der Waals surface area contributed by atoms with E-state index in [1.165, 1.54) is 6.20 Å². The summed E-state index contributed by atoms with van der Waals surface area (Å²) in [5, 5.41) is 3.28. The lowest BCUT2D eigenvalue weighted by Gasteiger charge is -2.08. The smallest absolute Gasteiger partial charge is 0.152 e.